The van der Waals surface area contributed by atoms with E-state index in [4.69, 9.17) is 0 Å². The van der Waals surface area contributed by atoms with E-state index < -0.39 is 4.92 Å². The number of pyridine rings is 1. The minimum Gasteiger partial charge on any atom is -0.366 e. The zero-order chi connectivity index (χ0) is 14.7. The van der Waals surface area contributed by atoms with Gasteiger partial charge in [0.1, 0.15) is 12.0 Å². The predicted octanol–water partition coefficient (Wildman–Crippen LogP) is 2.21. The fourth-order valence-electron chi connectivity index (χ4n) is 2.05. The Bertz CT molecular complexity index is 636. The highest BCUT2D eigenvalue weighted by Crippen LogP contribution is 2.19. The zero-order valence-electron chi connectivity index (χ0n) is 11.8. The summed E-state index contributed by atoms with van der Waals surface area (Å²) in [7, 11) is 1.89. The number of rotatable bonds is 5. The van der Waals surface area contributed by atoms with Crippen LogP contribution in [0.5, 0.6) is 0 Å². The van der Waals surface area contributed by atoms with Crippen molar-refractivity contribution in [3.63, 3.8) is 0 Å². The van der Waals surface area contributed by atoms with Gasteiger partial charge in [0.25, 0.3) is 5.69 Å². The summed E-state index contributed by atoms with van der Waals surface area (Å²) in [5.74, 6) is 0.654. The van der Waals surface area contributed by atoms with Gasteiger partial charge in [0.15, 0.2) is 0 Å². The van der Waals surface area contributed by atoms with Gasteiger partial charge in [-0.1, -0.05) is 6.92 Å². The van der Waals surface area contributed by atoms with Crippen LogP contribution in [-0.4, -0.2) is 19.7 Å². The molecule has 2 rings (SSSR count). The molecule has 2 aromatic heterocycles. The Kier molecular flexibility index (Phi) is 3.97. The molecule has 0 aliphatic heterocycles. The molecule has 0 bridgehead atoms. The summed E-state index contributed by atoms with van der Waals surface area (Å²) in [5.41, 5.74) is 2.90. The fourth-order valence-corrected chi connectivity index (χ4v) is 2.05. The third-order valence-corrected chi connectivity index (χ3v) is 3.05. The van der Waals surface area contributed by atoms with Crippen LogP contribution in [0.15, 0.2) is 18.5 Å². The van der Waals surface area contributed by atoms with Crippen LogP contribution in [0.1, 0.15) is 23.7 Å². The molecule has 106 valence electrons. The molecule has 20 heavy (non-hydrogen) atoms. The number of nitrogens with zero attached hydrogens (tertiary/aromatic N) is 4. The maximum atomic E-state index is 10.7. The Hall–Kier alpha value is -2.44. The molecule has 0 saturated carbocycles. The molecule has 0 aliphatic carbocycles. The van der Waals surface area contributed by atoms with Crippen molar-refractivity contribution < 1.29 is 4.92 Å². The molecule has 0 amide bonds. The Morgan fingerprint density at radius 2 is 2.25 bits per heavy atom. The van der Waals surface area contributed by atoms with Crippen LogP contribution in [0.4, 0.5) is 11.5 Å². The standard InChI is InChI=1S/C13H17N5O2/c1-4-12-10(8-17(3)16-12)6-14-13-9(2)5-11(7-15-13)18(19)20/h5,7-8H,4,6H2,1-3H3,(H,14,15). The topological polar surface area (TPSA) is 85.9 Å². The van der Waals surface area contributed by atoms with Crippen molar-refractivity contribution in [3.8, 4) is 0 Å². The maximum absolute atomic E-state index is 10.7. The smallest absolute Gasteiger partial charge is 0.287 e. The van der Waals surface area contributed by atoms with Crippen LogP contribution in [0.25, 0.3) is 0 Å². The van der Waals surface area contributed by atoms with Crippen LogP contribution in [0, 0.1) is 17.0 Å². The average Bonchev–Trinajstić information content (AvgIpc) is 2.77. The molecule has 0 saturated heterocycles. The first-order valence-electron chi connectivity index (χ1n) is 6.37. The summed E-state index contributed by atoms with van der Waals surface area (Å²) in [5, 5.41) is 18.2. The zero-order valence-corrected chi connectivity index (χ0v) is 11.8. The van der Waals surface area contributed by atoms with E-state index in [-0.39, 0.29) is 5.69 Å². The third-order valence-electron chi connectivity index (χ3n) is 3.05. The van der Waals surface area contributed by atoms with E-state index in [1.165, 1.54) is 12.3 Å². The van der Waals surface area contributed by atoms with Gasteiger partial charge >= 0.3 is 0 Å². The molecule has 0 aromatic carbocycles. The molecule has 0 unspecified atom stereocenters. The predicted molar refractivity (Wildman–Crippen MR) is 75.5 cm³/mol. The summed E-state index contributed by atoms with van der Waals surface area (Å²) in [4.78, 5) is 14.3. The molecular weight excluding hydrogens is 258 g/mol. The van der Waals surface area contributed by atoms with E-state index in [9.17, 15) is 10.1 Å². The number of aryl methyl sites for hydroxylation is 3. The van der Waals surface area contributed by atoms with Crippen LogP contribution in [-0.2, 0) is 20.0 Å². The second-order valence-electron chi connectivity index (χ2n) is 4.60. The molecule has 7 heteroatoms. The van der Waals surface area contributed by atoms with Gasteiger partial charge in [0, 0.05) is 31.4 Å². The third kappa shape index (κ3) is 2.93. The molecule has 0 aliphatic rings. The summed E-state index contributed by atoms with van der Waals surface area (Å²) >= 11 is 0. The van der Waals surface area contributed by atoms with Crippen molar-refractivity contribution in [1.82, 2.24) is 14.8 Å². The minimum atomic E-state index is -0.444. The molecule has 7 nitrogen and oxygen atoms in total. The van der Waals surface area contributed by atoms with E-state index in [2.05, 4.69) is 22.3 Å². The normalized spacial score (nSPS) is 10.6. The van der Waals surface area contributed by atoms with Gasteiger partial charge in [-0.15, -0.1) is 0 Å². The second kappa shape index (κ2) is 5.68. The largest absolute Gasteiger partial charge is 0.366 e. The van der Waals surface area contributed by atoms with E-state index in [0.29, 0.717) is 12.4 Å². The highest BCUT2D eigenvalue weighted by atomic mass is 16.6. The first-order valence-corrected chi connectivity index (χ1v) is 6.37. The van der Waals surface area contributed by atoms with E-state index in [0.717, 1.165) is 23.2 Å². The summed E-state index contributed by atoms with van der Waals surface area (Å²) in [6, 6.07) is 1.51. The Morgan fingerprint density at radius 1 is 1.50 bits per heavy atom. The van der Waals surface area contributed by atoms with Crippen LogP contribution in [0.2, 0.25) is 0 Å². The fraction of sp³-hybridized carbons (Fsp3) is 0.385. The van der Waals surface area contributed by atoms with Gasteiger partial charge in [0.05, 0.1) is 10.6 Å². The highest BCUT2D eigenvalue weighted by molar-refractivity contribution is 5.48. The van der Waals surface area contributed by atoms with Crippen molar-refractivity contribution >= 4 is 11.5 Å². The maximum Gasteiger partial charge on any atom is 0.287 e. The highest BCUT2D eigenvalue weighted by Gasteiger charge is 2.10. The lowest BCUT2D eigenvalue weighted by molar-refractivity contribution is -0.385. The van der Waals surface area contributed by atoms with Gasteiger partial charge in [-0.25, -0.2) is 4.98 Å². The van der Waals surface area contributed by atoms with Crippen molar-refractivity contribution in [1.29, 1.82) is 0 Å². The van der Waals surface area contributed by atoms with Crippen molar-refractivity contribution in [2.24, 2.45) is 7.05 Å². The van der Waals surface area contributed by atoms with Crippen molar-refractivity contribution in [2.45, 2.75) is 26.8 Å². The molecule has 2 aromatic rings. The number of hydrogen-bond acceptors (Lipinski definition) is 5. The lowest BCUT2D eigenvalue weighted by Crippen LogP contribution is -2.05. The number of nitrogens with one attached hydrogen (secondary N) is 1. The van der Waals surface area contributed by atoms with Crippen molar-refractivity contribution in [3.05, 3.63) is 45.4 Å². The number of nitro groups is 1. The monoisotopic (exact) mass is 275 g/mol. The van der Waals surface area contributed by atoms with Gasteiger partial charge in [-0.05, 0) is 18.9 Å². The van der Waals surface area contributed by atoms with Crippen LogP contribution in [0.3, 0.4) is 0 Å². The van der Waals surface area contributed by atoms with Gasteiger partial charge in [0.2, 0.25) is 0 Å². The number of aromatic nitrogens is 3. The molecule has 1 N–H and O–H groups in total. The SMILES string of the molecule is CCc1nn(C)cc1CNc1ncc([N+](=O)[O-])cc1C. The number of anilines is 1. The Balaban J connectivity index is 2.12. The van der Waals surface area contributed by atoms with E-state index in [1.54, 1.807) is 11.6 Å². The van der Waals surface area contributed by atoms with Crippen LogP contribution < -0.4 is 5.32 Å². The molecule has 0 atom stereocenters. The van der Waals surface area contributed by atoms with Gasteiger partial charge in [-0.3, -0.25) is 14.8 Å². The minimum absolute atomic E-state index is 0.00340. The quantitative estimate of drug-likeness (QED) is 0.667. The lowest BCUT2D eigenvalue weighted by atomic mass is 10.2. The van der Waals surface area contributed by atoms with Gasteiger partial charge in [-0.2, -0.15) is 5.10 Å². The van der Waals surface area contributed by atoms with E-state index in [1.807, 2.05) is 13.2 Å². The second-order valence-corrected chi connectivity index (χ2v) is 4.60. The van der Waals surface area contributed by atoms with E-state index >= 15 is 0 Å². The molecule has 0 radical (unpaired) electrons. The first-order chi connectivity index (χ1) is 9.51. The summed E-state index contributed by atoms with van der Waals surface area (Å²) < 4.78 is 1.78. The average molecular weight is 275 g/mol. The Labute approximate surface area is 116 Å². The Morgan fingerprint density at radius 3 is 2.85 bits per heavy atom. The molecule has 2 heterocycles. The lowest BCUT2D eigenvalue weighted by Gasteiger charge is -2.07. The first kappa shape index (κ1) is 14.0. The molecule has 0 fully saturated rings. The summed E-state index contributed by atoms with van der Waals surface area (Å²) in [6.07, 6.45) is 4.09. The molecular formula is C13H17N5O2. The van der Waals surface area contributed by atoms with Crippen LogP contribution >= 0.6 is 0 Å². The molecule has 0 spiro atoms. The van der Waals surface area contributed by atoms with Crippen molar-refractivity contribution in [2.75, 3.05) is 5.32 Å². The van der Waals surface area contributed by atoms with Gasteiger partial charge < -0.3 is 5.32 Å². The summed E-state index contributed by atoms with van der Waals surface area (Å²) in [6.45, 7) is 4.45. The number of hydrogen-bond donors (Lipinski definition) is 1.